The minimum absolute atomic E-state index is 0.148. The third-order valence-electron chi connectivity index (χ3n) is 3.87. The van der Waals surface area contributed by atoms with E-state index in [1.807, 2.05) is 25.1 Å². The fourth-order valence-corrected chi connectivity index (χ4v) is 2.48. The molecule has 2 N–H and O–H groups in total. The highest BCUT2D eigenvalue weighted by Gasteiger charge is 2.16. The summed E-state index contributed by atoms with van der Waals surface area (Å²) in [6, 6.07) is 8.88. The van der Waals surface area contributed by atoms with Crippen molar-refractivity contribution in [1.29, 1.82) is 0 Å². The van der Waals surface area contributed by atoms with E-state index >= 15 is 0 Å². The predicted molar refractivity (Wildman–Crippen MR) is 94.5 cm³/mol. The molecule has 1 aliphatic heterocycles. The van der Waals surface area contributed by atoms with Gasteiger partial charge in [-0.15, -0.1) is 0 Å². The molecule has 0 radical (unpaired) electrons. The van der Waals surface area contributed by atoms with Gasteiger partial charge < -0.3 is 24.5 Å². The molecular formula is C19H20N2O5. The molecule has 3 rings (SSSR count). The monoisotopic (exact) mass is 356 g/mol. The first-order valence-electron chi connectivity index (χ1n) is 8.30. The summed E-state index contributed by atoms with van der Waals surface area (Å²) in [6.07, 6.45) is 4.65. The minimum atomic E-state index is -0.280. The van der Waals surface area contributed by atoms with Crippen LogP contribution in [-0.4, -0.2) is 25.2 Å². The molecule has 136 valence electrons. The second kappa shape index (κ2) is 8.24. The molecule has 7 heteroatoms. The largest absolute Gasteiger partial charge is 0.465 e. The molecule has 0 saturated heterocycles. The van der Waals surface area contributed by atoms with Crippen LogP contribution in [0.1, 0.15) is 30.7 Å². The second-order valence-corrected chi connectivity index (χ2v) is 5.79. The SMILES string of the molecule is CC(NC(=O)CCNC(=O)/C=C/c1ccco1)c1ccc2c(c1)OCO2. The van der Waals surface area contributed by atoms with E-state index < -0.39 is 0 Å². The maximum absolute atomic E-state index is 12.0. The molecular weight excluding hydrogens is 336 g/mol. The number of benzene rings is 1. The van der Waals surface area contributed by atoms with Crippen molar-refractivity contribution >= 4 is 17.9 Å². The normalized spacial score (nSPS) is 13.6. The smallest absolute Gasteiger partial charge is 0.244 e. The Labute approximate surface area is 151 Å². The number of hydrogen-bond acceptors (Lipinski definition) is 5. The van der Waals surface area contributed by atoms with Crippen molar-refractivity contribution in [1.82, 2.24) is 10.6 Å². The first-order chi connectivity index (χ1) is 12.6. The zero-order chi connectivity index (χ0) is 18.4. The van der Waals surface area contributed by atoms with Crippen LogP contribution in [0.2, 0.25) is 0 Å². The van der Waals surface area contributed by atoms with Crippen molar-refractivity contribution in [3.8, 4) is 11.5 Å². The van der Waals surface area contributed by atoms with Crippen molar-refractivity contribution in [2.45, 2.75) is 19.4 Å². The lowest BCUT2D eigenvalue weighted by molar-refractivity contribution is -0.121. The fraction of sp³-hybridized carbons (Fsp3) is 0.263. The molecule has 1 aliphatic rings. The molecule has 0 fully saturated rings. The Morgan fingerprint density at radius 1 is 1.23 bits per heavy atom. The summed E-state index contributed by atoms with van der Waals surface area (Å²) in [7, 11) is 0. The first-order valence-corrected chi connectivity index (χ1v) is 8.30. The molecule has 1 atom stereocenters. The molecule has 0 bridgehead atoms. The Kier molecular flexibility index (Phi) is 5.58. The van der Waals surface area contributed by atoms with Gasteiger partial charge in [0.15, 0.2) is 11.5 Å². The van der Waals surface area contributed by atoms with E-state index in [0.717, 1.165) is 5.56 Å². The zero-order valence-electron chi connectivity index (χ0n) is 14.4. The highest BCUT2D eigenvalue weighted by Crippen LogP contribution is 2.34. The standard InChI is InChI=1S/C19H20N2O5/c1-13(14-4-6-16-17(11-14)26-12-25-16)21-19(23)8-9-20-18(22)7-5-15-3-2-10-24-15/h2-7,10-11,13H,8-9,12H2,1H3,(H,20,22)(H,21,23)/b7-5+. The summed E-state index contributed by atoms with van der Waals surface area (Å²) in [5.41, 5.74) is 0.924. The quantitative estimate of drug-likeness (QED) is 0.744. The average molecular weight is 356 g/mol. The van der Waals surface area contributed by atoms with Gasteiger partial charge in [0, 0.05) is 19.0 Å². The number of amides is 2. The maximum atomic E-state index is 12.0. The van der Waals surface area contributed by atoms with Crippen LogP contribution in [0.25, 0.3) is 6.08 Å². The van der Waals surface area contributed by atoms with E-state index in [9.17, 15) is 9.59 Å². The van der Waals surface area contributed by atoms with E-state index in [2.05, 4.69) is 10.6 Å². The summed E-state index contributed by atoms with van der Waals surface area (Å²) in [4.78, 5) is 23.7. The van der Waals surface area contributed by atoms with Crippen molar-refractivity contribution < 1.29 is 23.5 Å². The van der Waals surface area contributed by atoms with Crippen LogP contribution >= 0.6 is 0 Å². The predicted octanol–water partition coefficient (Wildman–Crippen LogP) is 2.41. The molecule has 0 spiro atoms. The molecule has 1 unspecified atom stereocenters. The Hall–Kier alpha value is -3.22. The van der Waals surface area contributed by atoms with Crippen molar-refractivity contribution in [2.24, 2.45) is 0 Å². The van der Waals surface area contributed by atoms with Crippen LogP contribution in [0.4, 0.5) is 0 Å². The molecule has 2 heterocycles. The lowest BCUT2D eigenvalue weighted by Gasteiger charge is -2.15. The topological polar surface area (TPSA) is 89.8 Å². The summed E-state index contributed by atoms with van der Waals surface area (Å²) in [5.74, 6) is 1.55. The van der Waals surface area contributed by atoms with Gasteiger partial charge in [0.1, 0.15) is 5.76 Å². The summed E-state index contributed by atoms with van der Waals surface area (Å²) >= 11 is 0. The van der Waals surface area contributed by atoms with E-state index in [0.29, 0.717) is 17.3 Å². The molecule has 2 aromatic rings. The van der Waals surface area contributed by atoms with Crippen LogP contribution in [0.3, 0.4) is 0 Å². The highest BCUT2D eigenvalue weighted by molar-refractivity contribution is 5.91. The van der Waals surface area contributed by atoms with Crippen molar-refractivity contribution in [2.75, 3.05) is 13.3 Å². The molecule has 1 aromatic carbocycles. The molecule has 2 amide bonds. The highest BCUT2D eigenvalue weighted by atomic mass is 16.7. The summed E-state index contributed by atoms with van der Waals surface area (Å²) in [6.45, 7) is 2.36. The van der Waals surface area contributed by atoms with Gasteiger partial charge in [0.05, 0.1) is 12.3 Å². The van der Waals surface area contributed by atoms with Gasteiger partial charge in [-0.25, -0.2) is 0 Å². The number of furan rings is 1. The molecule has 0 aliphatic carbocycles. The Morgan fingerprint density at radius 3 is 2.88 bits per heavy atom. The molecule has 26 heavy (non-hydrogen) atoms. The molecule has 1 aromatic heterocycles. The fourth-order valence-electron chi connectivity index (χ4n) is 2.48. The Bertz CT molecular complexity index is 798. The number of carbonyl (C=O) groups excluding carboxylic acids is 2. The minimum Gasteiger partial charge on any atom is -0.465 e. The first kappa shape index (κ1) is 17.6. The van der Waals surface area contributed by atoms with Gasteiger partial charge in [-0.05, 0) is 42.8 Å². The van der Waals surface area contributed by atoms with Crippen LogP contribution in [-0.2, 0) is 9.59 Å². The van der Waals surface area contributed by atoms with E-state index in [1.54, 1.807) is 18.2 Å². The van der Waals surface area contributed by atoms with Gasteiger partial charge in [0.25, 0.3) is 0 Å². The van der Waals surface area contributed by atoms with Crippen LogP contribution in [0.15, 0.2) is 47.1 Å². The van der Waals surface area contributed by atoms with E-state index in [4.69, 9.17) is 13.9 Å². The lowest BCUT2D eigenvalue weighted by Crippen LogP contribution is -2.31. The van der Waals surface area contributed by atoms with Gasteiger partial charge in [0.2, 0.25) is 18.6 Å². The third-order valence-corrected chi connectivity index (χ3v) is 3.87. The van der Waals surface area contributed by atoms with Crippen molar-refractivity contribution in [3.63, 3.8) is 0 Å². The van der Waals surface area contributed by atoms with Gasteiger partial charge in [-0.2, -0.15) is 0 Å². The number of nitrogens with one attached hydrogen (secondary N) is 2. The maximum Gasteiger partial charge on any atom is 0.244 e. The number of fused-ring (bicyclic) bond motifs is 1. The van der Waals surface area contributed by atoms with Crippen LogP contribution in [0, 0.1) is 0 Å². The zero-order valence-corrected chi connectivity index (χ0v) is 14.4. The van der Waals surface area contributed by atoms with E-state index in [1.165, 1.54) is 12.3 Å². The summed E-state index contributed by atoms with van der Waals surface area (Å²) in [5, 5.41) is 5.55. The second-order valence-electron chi connectivity index (χ2n) is 5.79. The molecule has 7 nitrogen and oxygen atoms in total. The van der Waals surface area contributed by atoms with Gasteiger partial charge in [-0.1, -0.05) is 6.07 Å². The molecule has 0 saturated carbocycles. The number of rotatable bonds is 7. The van der Waals surface area contributed by atoms with Crippen LogP contribution < -0.4 is 20.1 Å². The van der Waals surface area contributed by atoms with Crippen molar-refractivity contribution in [3.05, 3.63) is 54.0 Å². The Morgan fingerprint density at radius 2 is 2.08 bits per heavy atom. The Balaban J connectivity index is 1.40. The van der Waals surface area contributed by atoms with Gasteiger partial charge >= 0.3 is 0 Å². The number of ether oxygens (including phenoxy) is 2. The number of hydrogen-bond donors (Lipinski definition) is 2. The third kappa shape index (κ3) is 4.66. The van der Waals surface area contributed by atoms with Gasteiger partial charge in [-0.3, -0.25) is 9.59 Å². The van der Waals surface area contributed by atoms with Crippen LogP contribution in [0.5, 0.6) is 11.5 Å². The number of carbonyl (C=O) groups is 2. The van der Waals surface area contributed by atoms with E-state index in [-0.39, 0.29) is 37.6 Å². The summed E-state index contributed by atoms with van der Waals surface area (Å²) < 4.78 is 15.7. The average Bonchev–Trinajstić information content (AvgIpc) is 3.30. The lowest BCUT2D eigenvalue weighted by atomic mass is 10.1.